The average molecular weight is 242 g/mol. The number of carbonyl (C=O) groups is 2. The van der Waals surface area contributed by atoms with E-state index >= 15 is 0 Å². The fraction of sp³-hybridized carbons (Fsp3) is 0.636. The maximum atomic E-state index is 11.7. The molecule has 0 atom stereocenters. The SMILES string of the molecule is COC(=O)C1=C(N)CN(C(=O)OC(C)(C)C)C1. The van der Waals surface area contributed by atoms with Crippen molar-refractivity contribution in [1.82, 2.24) is 4.90 Å². The minimum Gasteiger partial charge on any atom is -0.466 e. The van der Waals surface area contributed by atoms with Gasteiger partial charge in [0.2, 0.25) is 0 Å². The van der Waals surface area contributed by atoms with E-state index in [0.29, 0.717) is 11.3 Å². The highest BCUT2D eigenvalue weighted by atomic mass is 16.6. The zero-order valence-electron chi connectivity index (χ0n) is 10.6. The predicted molar refractivity (Wildman–Crippen MR) is 61.0 cm³/mol. The average Bonchev–Trinajstić information content (AvgIpc) is 2.57. The fourth-order valence-electron chi connectivity index (χ4n) is 1.42. The second-order valence-corrected chi connectivity index (χ2v) is 4.83. The summed E-state index contributed by atoms with van der Waals surface area (Å²) in [5.74, 6) is -0.506. The number of rotatable bonds is 1. The lowest BCUT2D eigenvalue weighted by Crippen LogP contribution is -2.36. The summed E-state index contributed by atoms with van der Waals surface area (Å²) in [5, 5.41) is 0. The molecule has 1 aliphatic heterocycles. The summed E-state index contributed by atoms with van der Waals surface area (Å²) in [7, 11) is 1.28. The molecule has 1 amide bonds. The van der Waals surface area contributed by atoms with Gasteiger partial charge >= 0.3 is 12.1 Å². The molecule has 1 heterocycles. The lowest BCUT2D eigenvalue weighted by Gasteiger charge is -2.24. The number of hydrogen-bond donors (Lipinski definition) is 1. The third kappa shape index (κ3) is 3.37. The molecular weight excluding hydrogens is 224 g/mol. The van der Waals surface area contributed by atoms with Crippen LogP contribution in [0.3, 0.4) is 0 Å². The zero-order chi connectivity index (χ0) is 13.2. The number of hydrogen-bond acceptors (Lipinski definition) is 5. The van der Waals surface area contributed by atoms with Crippen molar-refractivity contribution in [2.75, 3.05) is 20.2 Å². The van der Waals surface area contributed by atoms with Gasteiger partial charge in [0, 0.05) is 5.70 Å². The Morgan fingerprint density at radius 2 is 1.88 bits per heavy atom. The molecule has 0 spiro atoms. The van der Waals surface area contributed by atoms with Crippen LogP contribution in [0.5, 0.6) is 0 Å². The van der Waals surface area contributed by atoms with Crippen molar-refractivity contribution in [2.45, 2.75) is 26.4 Å². The molecule has 1 rings (SSSR count). The van der Waals surface area contributed by atoms with Crippen molar-refractivity contribution in [2.24, 2.45) is 5.73 Å². The van der Waals surface area contributed by atoms with Crippen LogP contribution in [-0.2, 0) is 14.3 Å². The van der Waals surface area contributed by atoms with Crippen LogP contribution < -0.4 is 5.73 Å². The van der Waals surface area contributed by atoms with Crippen molar-refractivity contribution in [3.05, 3.63) is 11.3 Å². The smallest absolute Gasteiger partial charge is 0.410 e. The number of carbonyl (C=O) groups excluding carboxylic acids is 2. The summed E-state index contributed by atoms with van der Waals surface area (Å²) in [5.41, 5.74) is 5.77. The van der Waals surface area contributed by atoms with Gasteiger partial charge in [0.25, 0.3) is 0 Å². The van der Waals surface area contributed by atoms with Crippen molar-refractivity contribution >= 4 is 12.1 Å². The van der Waals surface area contributed by atoms with E-state index in [1.807, 2.05) is 0 Å². The van der Waals surface area contributed by atoms with Crippen molar-refractivity contribution in [3.8, 4) is 0 Å². The highest BCUT2D eigenvalue weighted by molar-refractivity contribution is 5.91. The van der Waals surface area contributed by atoms with E-state index < -0.39 is 17.7 Å². The number of ether oxygens (including phenoxy) is 2. The fourth-order valence-corrected chi connectivity index (χ4v) is 1.42. The first-order valence-electron chi connectivity index (χ1n) is 5.28. The summed E-state index contributed by atoms with van der Waals surface area (Å²) >= 11 is 0. The molecule has 6 nitrogen and oxygen atoms in total. The summed E-state index contributed by atoms with van der Waals surface area (Å²) < 4.78 is 9.76. The standard InChI is InChI=1S/C11H18N2O4/c1-11(2,3)17-10(15)13-5-7(8(12)6-13)9(14)16-4/h5-6,12H2,1-4H3. The lowest BCUT2D eigenvalue weighted by molar-refractivity contribution is -0.136. The Labute approximate surface area is 100 Å². The van der Waals surface area contributed by atoms with Gasteiger partial charge in [0.05, 0.1) is 25.8 Å². The molecule has 0 saturated carbocycles. The summed E-state index contributed by atoms with van der Waals surface area (Å²) in [6, 6.07) is 0. The van der Waals surface area contributed by atoms with Crippen molar-refractivity contribution < 1.29 is 19.1 Å². The van der Waals surface area contributed by atoms with E-state index in [2.05, 4.69) is 4.74 Å². The third-order valence-corrected chi connectivity index (χ3v) is 2.18. The first-order valence-corrected chi connectivity index (χ1v) is 5.28. The van der Waals surface area contributed by atoms with Gasteiger partial charge in [0.1, 0.15) is 5.60 Å². The molecular formula is C11H18N2O4. The molecule has 0 saturated heterocycles. The van der Waals surface area contributed by atoms with E-state index in [-0.39, 0.29) is 13.1 Å². The highest BCUT2D eigenvalue weighted by Crippen LogP contribution is 2.18. The van der Waals surface area contributed by atoms with Crippen molar-refractivity contribution in [1.29, 1.82) is 0 Å². The summed E-state index contributed by atoms with van der Waals surface area (Å²) in [6.45, 7) is 5.66. The maximum Gasteiger partial charge on any atom is 0.410 e. The number of methoxy groups -OCH3 is 1. The van der Waals surface area contributed by atoms with E-state index in [0.717, 1.165) is 0 Å². The minimum absolute atomic E-state index is 0.132. The number of esters is 1. The quantitative estimate of drug-likeness (QED) is 0.682. The van der Waals surface area contributed by atoms with Gasteiger partial charge in [-0.15, -0.1) is 0 Å². The molecule has 17 heavy (non-hydrogen) atoms. The normalized spacial score (nSPS) is 16.1. The number of nitrogens with zero attached hydrogens (tertiary/aromatic N) is 1. The highest BCUT2D eigenvalue weighted by Gasteiger charge is 2.31. The Morgan fingerprint density at radius 3 is 2.35 bits per heavy atom. The van der Waals surface area contributed by atoms with Crippen molar-refractivity contribution in [3.63, 3.8) is 0 Å². The van der Waals surface area contributed by atoms with Gasteiger partial charge in [-0.1, -0.05) is 0 Å². The van der Waals surface area contributed by atoms with Crippen LogP contribution in [0.2, 0.25) is 0 Å². The van der Waals surface area contributed by atoms with Crippen LogP contribution in [-0.4, -0.2) is 42.8 Å². The van der Waals surface area contributed by atoms with E-state index in [4.69, 9.17) is 10.5 Å². The monoisotopic (exact) mass is 242 g/mol. The number of amides is 1. The summed E-state index contributed by atoms with van der Waals surface area (Å²) in [4.78, 5) is 24.4. The molecule has 0 bridgehead atoms. The van der Waals surface area contributed by atoms with Crippen LogP contribution in [0.25, 0.3) is 0 Å². The molecule has 1 aliphatic rings. The first-order chi connectivity index (χ1) is 7.74. The zero-order valence-corrected chi connectivity index (χ0v) is 10.6. The Balaban J connectivity index is 2.65. The second-order valence-electron chi connectivity index (χ2n) is 4.83. The van der Waals surface area contributed by atoms with Crippen LogP contribution >= 0.6 is 0 Å². The lowest BCUT2D eigenvalue weighted by atomic mass is 10.2. The second kappa shape index (κ2) is 4.65. The Bertz CT molecular complexity index is 368. The molecule has 0 aromatic heterocycles. The minimum atomic E-state index is -0.570. The molecule has 0 aromatic carbocycles. The van der Waals surface area contributed by atoms with Crippen LogP contribution in [0.15, 0.2) is 11.3 Å². The Hall–Kier alpha value is -1.72. The Morgan fingerprint density at radius 1 is 1.29 bits per heavy atom. The van der Waals surface area contributed by atoms with Gasteiger partial charge in [-0.05, 0) is 20.8 Å². The molecule has 0 aliphatic carbocycles. The third-order valence-electron chi connectivity index (χ3n) is 2.18. The topological polar surface area (TPSA) is 81.9 Å². The number of nitrogens with two attached hydrogens (primary N) is 1. The van der Waals surface area contributed by atoms with Crippen LogP contribution in [0.1, 0.15) is 20.8 Å². The largest absolute Gasteiger partial charge is 0.466 e. The van der Waals surface area contributed by atoms with Crippen LogP contribution in [0, 0.1) is 0 Å². The molecule has 0 radical (unpaired) electrons. The molecule has 6 heteroatoms. The van der Waals surface area contributed by atoms with Gasteiger partial charge < -0.3 is 15.2 Å². The van der Waals surface area contributed by atoms with E-state index in [1.54, 1.807) is 20.8 Å². The van der Waals surface area contributed by atoms with E-state index in [9.17, 15) is 9.59 Å². The van der Waals surface area contributed by atoms with Gasteiger partial charge in [-0.3, -0.25) is 4.90 Å². The van der Waals surface area contributed by atoms with Gasteiger partial charge in [0.15, 0.2) is 0 Å². The van der Waals surface area contributed by atoms with E-state index in [1.165, 1.54) is 12.0 Å². The molecule has 0 unspecified atom stereocenters. The first kappa shape index (κ1) is 13.3. The van der Waals surface area contributed by atoms with Gasteiger partial charge in [-0.2, -0.15) is 0 Å². The Kier molecular flexibility index (Phi) is 3.65. The van der Waals surface area contributed by atoms with Gasteiger partial charge in [-0.25, -0.2) is 9.59 Å². The summed E-state index contributed by atoms with van der Waals surface area (Å²) in [6.07, 6.45) is -0.487. The maximum absolute atomic E-state index is 11.7. The molecule has 0 fully saturated rings. The predicted octanol–water partition coefficient (Wildman–Crippen LogP) is 0.623. The van der Waals surface area contributed by atoms with Crippen LogP contribution in [0.4, 0.5) is 4.79 Å². The molecule has 2 N–H and O–H groups in total. The molecule has 96 valence electrons. The molecule has 0 aromatic rings.